The van der Waals surface area contributed by atoms with Crippen LogP contribution in [0, 0.1) is 5.92 Å². The van der Waals surface area contributed by atoms with Gasteiger partial charge in [-0.05, 0) is 31.7 Å². The fourth-order valence-corrected chi connectivity index (χ4v) is 4.03. The number of nitrogens with zero attached hydrogens (tertiary/aromatic N) is 1. The predicted molar refractivity (Wildman–Crippen MR) is 86.9 cm³/mol. The normalized spacial score (nSPS) is 29.8. The first-order valence-corrected chi connectivity index (χ1v) is 8.35. The molecule has 0 N–H and O–H groups in total. The SMILES string of the molecule is C=C[C@@H]1CCCC[C@]12CCC(=O)N2O[C@H](C)c1ccccc1. The Morgan fingerprint density at radius 3 is 2.82 bits per heavy atom. The summed E-state index contributed by atoms with van der Waals surface area (Å²) in [5.74, 6) is 0.465. The minimum absolute atomic E-state index is 0.118. The molecule has 1 aromatic rings. The van der Waals surface area contributed by atoms with Gasteiger partial charge >= 0.3 is 0 Å². The Bertz CT molecular complexity index is 542. The van der Waals surface area contributed by atoms with Gasteiger partial charge in [0.1, 0.15) is 6.10 Å². The Hall–Kier alpha value is -1.61. The monoisotopic (exact) mass is 299 g/mol. The lowest BCUT2D eigenvalue weighted by atomic mass is 9.72. The summed E-state index contributed by atoms with van der Waals surface area (Å²) < 4.78 is 0. The number of rotatable bonds is 4. The first-order chi connectivity index (χ1) is 10.7. The maximum atomic E-state index is 12.4. The standard InChI is InChI=1S/C19H25NO2/c1-3-17-11-7-8-13-19(17)14-12-18(21)20(19)22-15(2)16-9-5-4-6-10-16/h3-6,9-10,15,17H,1,7-8,11-14H2,2H3/t15-,17-,19+/m1/s1. The van der Waals surface area contributed by atoms with Gasteiger partial charge in [0.2, 0.25) is 5.91 Å². The van der Waals surface area contributed by atoms with E-state index in [4.69, 9.17) is 4.84 Å². The molecule has 2 aliphatic rings. The molecule has 1 saturated carbocycles. The molecule has 1 aromatic carbocycles. The minimum Gasteiger partial charge on any atom is -0.273 e. The highest BCUT2D eigenvalue weighted by molar-refractivity contribution is 5.78. The Morgan fingerprint density at radius 1 is 1.32 bits per heavy atom. The molecule has 0 bridgehead atoms. The average Bonchev–Trinajstić information content (AvgIpc) is 2.86. The predicted octanol–water partition coefficient (Wildman–Crippen LogP) is 4.42. The van der Waals surface area contributed by atoms with Crippen LogP contribution in [-0.4, -0.2) is 16.5 Å². The molecule has 2 fully saturated rings. The summed E-state index contributed by atoms with van der Waals surface area (Å²) in [6, 6.07) is 10.1. The van der Waals surface area contributed by atoms with E-state index in [0.29, 0.717) is 12.3 Å². The highest BCUT2D eigenvalue weighted by Gasteiger charge is 2.52. The van der Waals surface area contributed by atoms with Crippen LogP contribution in [0.2, 0.25) is 0 Å². The van der Waals surface area contributed by atoms with Crippen molar-refractivity contribution in [3.05, 3.63) is 48.6 Å². The third-order valence-corrected chi connectivity index (χ3v) is 5.28. The van der Waals surface area contributed by atoms with Crippen LogP contribution in [0.1, 0.15) is 57.1 Å². The van der Waals surface area contributed by atoms with Gasteiger partial charge < -0.3 is 0 Å². The highest BCUT2D eigenvalue weighted by Crippen LogP contribution is 2.47. The van der Waals surface area contributed by atoms with E-state index in [1.165, 1.54) is 6.42 Å². The lowest BCUT2D eigenvalue weighted by Gasteiger charge is -2.46. The summed E-state index contributed by atoms with van der Waals surface area (Å²) >= 11 is 0. The van der Waals surface area contributed by atoms with E-state index in [2.05, 4.69) is 6.58 Å². The molecule has 0 unspecified atom stereocenters. The van der Waals surface area contributed by atoms with Crippen LogP contribution in [0.3, 0.4) is 0 Å². The molecule has 1 spiro atoms. The lowest BCUT2D eigenvalue weighted by molar-refractivity contribution is -0.242. The molecule has 3 rings (SSSR count). The Kier molecular flexibility index (Phi) is 4.34. The van der Waals surface area contributed by atoms with Crippen molar-refractivity contribution >= 4 is 5.91 Å². The molecule has 118 valence electrons. The summed E-state index contributed by atoms with van der Waals surface area (Å²) in [7, 11) is 0. The van der Waals surface area contributed by atoms with Gasteiger partial charge in [0.15, 0.2) is 0 Å². The smallest absolute Gasteiger partial charge is 0.246 e. The van der Waals surface area contributed by atoms with Gasteiger partial charge in [-0.25, -0.2) is 5.06 Å². The van der Waals surface area contributed by atoms with Gasteiger partial charge in [-0.1, -0.05) is 49.2 Å². The number of carbonyl (C=O) groups is 1. The third kappa shape index (κ3) is 2.58. The number of hydrogen-bond donors (Lipinski definition) is 0. The molecule has 0 aromatic heterocycles. The molecular weight excluding hydrogens is 274 g/mol. The topological polar surface area (TPSA) is 29.5 Å². The van der Waals surface area contributed by atoms with Crippen molar-refractivity contribution in [1.29, 1.82) is 0 Å². The second-order valence-electron chi connectivity index (χ2n) is 6.54. The molecule has 0 radical (unpaired) electrons. The molecule has 1 saturated heterocycles. The largest absolute Gasteiger partial charge is 0.273 e. The van der Waals surface area contributed by atoms with E-state index < -0.39 is 0 Å². The van der Waals surface area contributed by atoms with Gasteiger partial charge in [-0.2, -0.15) is 0 Å². The van der Waals surface area contributed by atoms with Gasteiger partial charge in [0.25, 0.3) is 0 Å². The van der Waals surface area contributed by atoms with E-state index in [9.17, 15) is 4.79 Å². The number of hydroxylamine groups is 2. The third-order valence-electron chi connectivity index (χ3n) is 5.28. The second-order valence-corrected chi connectivity index (χ2v) is 6.54. The quantitative estimate of drug-likeness (QED) is 0.770. The average molecular weight is 299 g/mol. The number of carbonyl (C=O) groups excluding carboxylic acids is 1. The van der Waals surface area contributed by atoms with E-state index in [-0.39, 0.29) is 17.6 Å². The van der Waals surface area contributed by atoms with Crippen molar-refractivity contribution in [3.63, 3.8) is 0 Å². The fourth-order valence-electron chi connectivity index (χ4n) is 4.03. The Morgan fingerprint density at radius 2 is 2.09 bits per heavy atom. The molecule has 3 atom stereocenters. The molecule has 3 nitrogen and oxygen atoms in total. The van der Waals surface area contributed by atoms with Crippen LogP contribution in [0.15, 0.2) is 43.0 Å². The van der Waals surface area contributed by atoms with Crippen LogP contribution in [0.25, 0.3) is 0 Å². The molecule has 1 amide bonds. The van der Waals surface area contributed by atoms with Gasteiger partial charge in [-0.3, -0.25) is 9.63 Å². The van der Waals surface area contributed by atoms with Crippen molar-refractivity contribution in [2.45, 2.75) is 57.1 Å². The van der Waals surface area contributed by atoms with Crippen molar-refractivity contribution in [2.75, 3.05) is 0 Å². The number of amides is 1. The second kappa shape index (κ2) is 6.25. The molecule has 1 heterocycles. The summed E-state index contributed by atoms with van der Waals surface area (Å²) in [5.41, 5.74) is 0.934. The van der Waals surface area contributed by atoms with Crippen LogP contribution in [0.5, 0.6) is 0 Å². The summed E-state index contributed by atoms with van der Waals surface area (Å²) in [4.78, 5) is 18.6. The maximum Gasteiger partial charge on any atom is 0.246 e. The first-order valence-electron chi connectivity index (χ1n) is 8.35. The van der Waals surface area contributed by atoms with Crippen molar-refractivity contribution in [1.82, 2.24) is 5.06 Å². The fraction of sp³-hybridized carbons (Fsp3) is 0.526. The van der Waals surface area contributed by atoms with Gasteiger partial charge in [0, 0.05) is 12.3 Å². The van der Waals surface area contributed by atoms with Gasteiger partial charge in [-0.15, -0.1) is 6.58 Å². The molecule has 1 aliphatic heterocycles. The summed E-state index contributed by atoms with van der Waals surface area (Å²) in [6.07, 6.45) is 7.91. The van der Waals surface area contributed by atoms with E-state index >= 15 is 0 Å². The Balaban J connectivity index is 1.83. The zero-order chi connectivity index (χ0) is 15.6. The first kappa shape index (κ1) is 15.3. The molecule has 1 aliphatic carbocycles. The van der Waals surface area contributed by atoms with Crippen LogP contribution in [-0.2, 0) is 9.63 Å². The highest BCUT2D eigenvalue weighted by atomic mass is 16.7. The number of benzene rings is 1. The Labute approximate surface area is 132 Å². The molecule has 3 heteroatoms. The maximum absolute atomic E-state index is 12.4. The zero-order valence-corrected chi connectivity index (χ0v) is 13.3. The summed E-state index contributed by atoms with van der Waals surface area (Å²) in [6.45, 7) is 6.02. The zero-order valence-electron chi connectivity index (χ0n) is 13.3. The summed E-state index contributed by atoms with van der Waals surface area (Å²) in [5, 5.41) is 1.72. The van der Waals surface area contributed by atoms with Gasteiger partial charge in [0.05, 0.1) is 5.54 Å². The minimum atomic E-state index is -0.167. The van der Waals surface area contributed by atoms with Crippen LogP contribution < -0.4 is 0 Å². The van der Waals surface area contributed by atoms with Crippen LogP contribution in [0.4, 0.5) is 0 Å². The van der Waals surface area contributed by atoms with Crippen molar-refractivity contribution in [2.24, 2.45) is 5.92 Å². The van der Waals surface area contributed by atoms with E-state index in [1.807, 2.05) is 43.3 Å². The number of hydrogen-bond acceptors (Lipinski definition) is 2. The van der Waals surface area contributed by atoms with Crippen LogP contribution >= 0.6 is 0 Å². The van der Waals surface area contributed by atoms with Crippen molar-refractivity contribution in [3.8, 4) is 0 Å². The molecule has 22 heavy (non-hydrogen) atoms. The molecular formula is C19H25NO2. The lowest BCUT2D eigenvalue weighted by Crippen LogP contribution is -2.52. The van der Waals surface area contributed by atoms with E-state index in [0.717, 1.165) is 31.2 Å². The van der Waals surface area contributed by atoms with Crippen molar-refractivity contribution < 1.29 is 9.63 Å². The van der Waals surface area contributed by atoms with E-state index in [1.54, 1.807) is 5.06 Å².